The van der Waals surface area contributed by atoms with Crippen molar-refractivity contribution in [2.45, 2.75) is 19.9 Å². The summed E-state index contributed by atoms with van der Waals surface area (Å²) in [5.41, 5.74) is 3.96. The smallest absolute Gasteiger partial charge is 0.307 e. The molecule has 29 heavy (non-hydrogen) atoms. The molecule has 0 radical (unpaired) electrons. The van der Waals surface area contributed by atoms with E-state index >= 15 is 0 Å². The highest BCUT2D eigenvalue weighted by Gasteiger charge is 2.08. The Morgan fingerprint density at radius 3 is 2.59 bits per heavy atom. The van der Waals surface area contributed by atoms with Gasteiger partial charge >= 0.3 is 4.87 Å². The molecule has 2 N–H and O–H groups in total. The van der Waals surface area contributed by atoms with Gasteiger partial charge in [-0.05, 0) is 24.6 Å². The number of aromatic amines is 1. The minimum Gasteiger partial charge on any atom is -0.494 e. The maximum absolute atomic E-state index is 11.3. The number of rotatable bonds is 4. The molecule has 0 spiro atoms. The largest absolute Gasteiger partial charge is 0.494 e. The molecule has 2 heterocycles. The van der Waals surface area contributed by atoms with E-state index in [1.165, 1.54) is 0 Å². The molecule has 0 saturated carbocycles. The van der Waals surface area contributed by atoms with Crippen molar-refractivity contribution in [3.63, 3.8) is 0 Å². The van der Waals surface area contributed by atoms with Crippen molar-refractivity contribution in [1.29, 1.82) is 0 Å². The molecular weight excluding hydrogens is 382 g/mol. The van der Waals surface area contributed by atoms with E-state index in [0.29, 0.717) is 17.8 Å². The zero-order chi connectivity index (χ0) is 20.2. The van der Waals surface area contributed by atoms with Crippen LogP contribution < -0.4 is 4.87 Å². The van der Waals surface area contributed by atoms with Crippen LogP contribution in [0.1, 0.15) is 21.7 Å². The van der Waals surface area contributed by atoms with Crippen molar-refractivity contribution in [3.8, 4) is 29.1 Å². The summed E-state index contributed by atoms with van der Waals surface area (Å²) < 4.78 is 2.06. The van der Waals surface area contributed by atoms with Crippen LogP contribution in [0.15, 0.2) is 65.6 Å². The summed E-state index contributed by atoms with van der Waals surface area (Å²) in [5.74, 6) is 7.27. The number of imidazole rings is 1. The Morgan fingerprint density at radius 1 is 1.14 bits per heavy atom. The van der Waals surface area contributed by atoms with Crippen LogP contribution in [0.25, 0.3) is 11.4 Å². The molecule has 0 unspecified atom stereocenters. The van der Waals surface area contributed by atoms with E-state index in [2.05, 4.69) is 26.4 Å². The van der Waals surface area contributed by atoms with Crippen molar-refractivity contribution >= 4 is 11.3 Å². The number of nitrogens with zero attached hydrogens (tertiary/aromatic N) is 2. The van der Waals surface area contributed by atoms with E-state index in [-0.39, 0.29) is 10.8 Å². The van der Waals surface area contributed by atoms with Gasteiger partial charge in [-0.2, -0.15) is 0 Å². The summed E-state index contributed by atoms with van der Waals surface area (Å²) in [4.78, 5) is 18.7. The first-order valence-electron chi connectivity index (χ1n) is 9.16. The topological polar surface area (TPSA) is 70.9 Å². The maximum atomic E-state index is 11.3. The van der Waals surface area contributed by atoms with Crippen molar-refractivity contribution in [2.75, 3.05) is 0 Å². The number of hydrogen-bond acceptors (Lipinski definition) is 4. The highest BCUT2D eigenvalue weighted by atomic mass is 32.1. The lowest BCUT2D eigenvalue weighted by atomic mass is 10.1. The van der Waals surface area contributed by atoms with Crippen LogP contribution in [0, 0.1) is 18.8 Å². The second-order valence-electron chi connectivity index (χ2n) is 6.66. The van der Waals surface area contributed by atoms with Crippen molar-refractivity contribution < 1.29 is 5.11 Å². The van der Waals surface area contributed by atoms with E-state index in [9.17, 15) is 9.90 Å². The molecule has 4 aromatic rings. The van der Waals surface area contributed by atoms with Gasteiger partial charge in [-0.1, -0.05) is 65.6 Å². The van der Waals surface area contributed by atoms with Gasteiger partial charge in [0.1, 0.15) is 5.82 Å². The van der Waals surface area contributed by atoms with Crippen LogP contribution in [-0.4, -0.2) is 19.6 Å². The number of aromatic nitrogens is 3. The summed E-state index contributed by atoms with van der Waals surface area (Å²) in [6.45, 7) is 2.53. The predicted molar refractivity (Wildman–Crippen MR) is 115 cm³/mol. The lowest BCUT2D eigenvalue weighted by Crippen LogP contribution is -1.97. The average Bonchev–Trinajstić information content (AvgIpc) is 3.25. The maximum Gasteiger partial charge on any atom is 0.307 e. The first-order chi connectivity index (χ1) is 14.1. The number of thiazole rings is 1. The molecule has 4 rings (SSSR count). The predicted octanol–water partition coefficient (Wildman–Crippen LogP) is 3.96. The molecule has 6 heteroatoms. The van der Waals surface area contributed by atoms with Crippen molar-refractivity contribution in [1.82, 2.24) is 14.5 Å². The van der Waals surface area contributed by atoms with Gasteiger partial charge in [0, 0.05) is 23.7 Å². The zero-order valence-corrected chi connectivity index (χ0v) is 16.7. The molecule has 2 aromatic heterocycles. The molecule has 2 aromatic carbocycles. The number of benzene rings is 2. The number of H-pyrrole nitrogens is 1. The lowest BCUT2D eigenvalue weighted by molar-refractivity contribution is 0.451. The summed E-state index contributed by atoms with van der Waals surface area (Å²) in [6, 6.07) is 17.9. The minimum atomic E-state index is -0.246. The molecule has 0 atom stereocenters. The first-order valence-corrected chi connectivity index (χ1v) is 9.98. The summed E-state index contributed by atoms with van der Waals surface area (Å²) in [6.07, 6.45) is 2.52. The standard InChI is InChI=1S/C23H19N3O2S/c1-16-15-26(21(24-16)19-7-3-2-4-8-19)13-5-6-17-9-11-18(12-10-17)14-20-22(27)25-23(28)29-20/h2-4,7-12,15,27H,13-14H2,1H3,(H,25,28). The monoisotopic (exact) mass is 401 g/mol. The Bertz CT molecular complexity index is 1240. The van der Waals surface area contributed by atoms with Gasteiger partial charge in [-0.15, -0.1) is 0 Å². The number of nitrogens with one attached hydrogen (secondary N) is 1. The third-order valence-corrected chi connectivity index (χ3v) is 5.30. The van der Waals surface area contributed by atoms with Crippen LogP contribution in [0.2, 0.25) is 0 Å². The van der Waals surface area contributed by atoms with E-state index in [4.69, 9.17) is 0 Å². The molecule has 0 aliphatic rings. The van der Waals surface area contributed by atoms with Gasteiger partial charge < -0.3 is 9.67 Å². The van der Waals surface area contributed by atoms with Gasteiger partial charge in [-0.3, -0.25) is 9.78 Å². The average molecular weight is 401 g/mol. The molecule has 0 saturated heterocycles. The van der Waals surface area contributed by atoms with E-state index < -0.39 is 0 Å². The number of aromatic hydroxyl groups is 1. The van der Waals surface area contributed by atoms with Crippen LogP contribution >= 0.6 is 11.3 Å². The fourth-order valence-electron chi connectivity index (χ4n) is 3.07. The van der Waals surface area contributed by atoms with Gasteiger partial charge in [0.05, 0.1) is 17.1 Å². The molecule has 0 fully saturated rings. The molecule has 5 nitrogen and oxygen atoms in total. The highest BCUT2D eigenvalue weighted by molar-refractivity contribution is 7.09. The number of hydrogen-bond donors (Lipinski definition) is 2. The second kappa shape index (κ2) is 8.21. The molecule has 0 amide bonds. The SMILES string of the molecule is Cc1cn(CC#Cc2ccc(Cc3sc(=O)[nH]c3O)cc2)c(-c2ccccc2)n1. The molecule has 0 bridgehead atoms. The Balaban J connectivity index is 1.46. The van der Waals surface area contributed by atoms with Crippen LogP contribution in [0.3, 0.4) is 0 Å². The minimum absolute atomic E-state index is 0.0475. The normalized spacial score (nSPS) is 10.5. The summed E-state index contributed by atoms with van der Waals surface area (Å²) >= 11 is 1.03. The second-order valence-corrected chi connectivity index (χ2v) is 7.73. The Hall–Kier alpha value is -3.56. The quantitative estimate of drug-likeness (QED) is 0.509. The third-order valence-electron chi connectivity index (χ3n) is 4.43. The van der Waals surface area contributed by atoms with E-state index in [0.717, 1.165) is 39.5 Å². The van der Waals surface area contributed by atoms with Crippen LogP contribution in [0.5, 0.6) is 5.88 Å². The Kier molecular flexibility index (Phi) is 5.32. The third kappa shape index (κ3) is 4.48. The molecular formula is C23H19N3O2S. The molecule has 0 aliphatic carbocycles. The van der Waals surface area contributed by atoms with Crippen molar-refractivity contribution in [3.05, 3.63) is 92.2 Å². The van der Waals surface area contributed by atoms with Gasteiger partial charge in [0.25, 0.3) is 0 Å². The van der Waals surface area contributed by atoms with Crippen LogP contribution in [-0.2, 0) is 13.0 Å². The fraction of sp³-hybridized carbons (Fsp3) is 0.130. The Morgan fingerprint density at radius 2 is 1.90 bits per heavy atom. The number of aryl methyl sites for hydroxylation is 1. The van der Waals surface area contributed by atoms with Crippen molar-refractivity contribution in [2.24, 2.45) is 0 Å². The van der Waals surface area contributed by atoms with Gasteiger partial charge in [-0.25, -0.2) is 4.98 Å². The summed E-state index contributed by atoms with van der Waals surface area (Å²) in [7, 11) is 0. The zero-order valence-electron chi connectivity index (χ0n) is 15.8. The lowest BCUT2D eigenvalue weighted by Gasteiger charge is -2.03. The van der Waals surface area contributed by atoms with Crippen LogP contribution in [0.4, 0.5) is 0 Å². The van der Waals surface area contributed by atoms with Gasteiger partial charge in [0.15, 0.2) is 0 Å². The highest BCUT2D eigenvalue weighted by Crippen LogP contribution is 2.20. The summed E-state index contributed by atoms with van der Waals surface area (Å²) in [5, 5.41) is 9.70. The van der Waals surface area contributed by atoms with E-state index in [1.807, 2.05) is 67.7 Å². The fourth-order valence-corrected chi connectivity index (χ4v) is 3.83. The molecule has 144 valence electrons. The van der Waals surface area contributed by atoms with E-state index in [1.54, 1.807) is 0 Å². The Labute approximate surface area is 172 Å². The van der Waals surface area contributed by atoms with Gasteiger partial charge in [0.2, 0.25) is 5.88 Å². The molecule has 0 aliphatic heterocycles. The first kappa shape index (κ1) is 18.8.